The largest absolute Gasteiger partial charge is 0.456 e. The lowest BCUT2D eigenvalue weighted by molar-refractivity contribution is 0.669. The van der Waals surface area contributed by atoms with Gasteiger partial charge in [0.25, 0.3) is 0 Å². The van der Waals surface area contributed by atoms with Crippen LogP contribution in [-0.2, 0) is 0 Å². The molecule has 5 nitrogen and oxygen atoms in total. The number of hydrogen-bond donors (Lipinski definition) is 0. The number of aromatic nitrogens is 3. The van der Waals surface area contributed by atoms with Crippen molar-refractivity contribution in [2.45, 2.75) is 0 Å². The zero-order valence-electron chi connectivity index (χ0n) is 27.4. The first-order chi connectivity index (χ1) is 25.2. The van der Waals surface area contributed by atoms with Gasteiger partial charge in [-0.15, -0.1) is 0 Å². The van der Waals surface area contributed by atoms with Crippen molar-refractivity contribution >= 4 is 21.9 Å². The molecule has 0 aliphatic rings. The molecule has 0 saturated heterocycles. The van der Waals surface area contributed by atoms with E-state index in [2.05, 4.69) is 120 Å². The Hall–Kier alpha value is -7.16. The smallest absolute Gasteiger partial charge is 0.160 e. The molecule has 0 atom stereocenters. The molecule has 0 unspecified atom stereocenters. The summed E-state index contributed by atoms with van der Waals surface area (Å²) in [6, 6.07) is 55.7. The van der Waals surface area contributed by atoms with E-state index < -0.39 is 0 Å². The Labute approximate surface area is 294 Å². The SMILES string of the molecule is N#Cc1ccc2c(c1)oc1cc(-c3cc(-c4cccnc4)cc(-c4cc(-c5ccccc5)nc(-c5ccc(-c6ccccc6)cc5)n4)c3)ccc12. The van der Waals surface area contributed by atoms with Gasteiger partial charge in [0.2, 0.25) is 0 Å². The van der Waals surface area contributed by atoms with Crippen LogP contribution in [0.5, 0.6) is 0 Å². The highest BCUT2D eigenvalue weighted by Crippen LogP contribution is 2.37. The Morgan fingerprint density at radius 2 is 1.00 bits per heavy atom. The molecule has 0 N–H and O–H groups in total. The Morgan fingerprint density at radius 1 is 0.431 bits per heavy atom. The molecular formula is C46H28N4O. The summed E-state index contributed by atoms with van der Waals surface area (Å²) in [4.78, 5) is 14.7. The molecule has 9 rings (SSSR count). The van der Waals surface area contributed by atoms with E-state index in [0.29, 0.717) is 17.0 Å². The van der Waals surface area contributed by atoms with E-state index in [9.17, 15) is 5.26 Å². The van der Waals surface area contributed by atoms with Crippen molar-refractivity contribution < 1.29 is 4.42 Å². The maximum atomic E-state index is 9.42. The van der Waals surface area contributed by atoms with Crippen LogP contribution in [0.3, 0.4) is 0 Å². The van der Waals surface area contributed by atoms with Gasteiger partial charge in [0.15, 0.2) is 5.82 Å². The quantitative estimate of drug-likeness (QED) is 0.179. The normalized spacial score (nSPS) is 11.1. The average Bonchev–Trinajstić information content (AvgIpc) is 3.58. The highest BCUT2D eigenvalue weighted by Gasteiger charge is 2.15. The molecule has 3 aromatic heterocycles. The van der Waals surface area contributed by atoms with Crippen molar-refractivity contribution in [3.63, 3.8) is 0 Å². The molecule has 0 fully saturated rings. The Morgan fingerprint density at radius 3 is 1.71 bits per heavy atom. The van der Waals surface area contributed by atoms with Crippen molar-refractivity contribution in [2.75, 3.05) is 0 Å². The van der Waals surface area contributed by atoms with Crippen LogP contribution in [0.1, 0.15) is 5.56 Å². The van der Waals surface area contributed by atoms with Gasteiger partial charge in [0.1, 0.15) is 11.2 Å². The third-order valence-electron chi connectivity index (χ3n) is 9.21. The van der Waals surface area contributed by atoms with Gasteiger partial charge in [-0.3, -0.25) is 4.98 Å². The first-order valence-corrected chi connectivity index (χ1v) is 16.7. The number of furan rings is 1. The lowest BCUT2D eigenvalue weighted by Gasteiger charge is -2.13. The average molecular weight is 653 g/mol. The van der Waals surface area contributed by atoms with Gasteiger partial charge in [0, 0.05) is 45.4 Å². The number of nitrogens with zero attached hydrogens (tertiary/aromatic N) is 4. The molecule has 51 heavy (non-hydrogen) atoms. The van der Waals surface area contributed by atoms with Gasteiger partial charge in [-0.2, -0.15) is 5.26 Å². The number of hydrogen-bond acceptors (Lipinski definition) is 5. The molecule has 6 aromatic carbocycles. The van der Waals surface area contributed by atoms with Crippen molar-refractivity contribution in [3.8, 4) is 73.4 Å². The standard InChI is InChI=1S/C46H28N4O/c47-28-30-13-19-40-41-20-18-35(26-45(41)51-44(40)22-30)37-23-38(36-12-7-21-48-29-36)25-39(24-37)43-27-42(33-10-5-2-6-11-33)49-46(50-43)34-16-14-32(15-17-34)31-8-3-1-4-9-31/h1-27,29H. The van der Waals surface area contributed by atoms with Gasteiger partial charge in [-0.1, -0.05) is 97.1 Å². The Bertz CT molecular complexity index is 2730. The van der Waals surface area contributed by atoms with E-state index in [4.69, 9.17) is 14.4 Å². The summed E-state index contributed by atoms with van der Waals surface area (Å²) >= 11 is 0. The second kappa shape index (κ2) is 12.7. The fraction of sp³-hybridized carbons (Fsp3) is 0. The van der Waals surface area contributed by atoms with Gasteiger partial charge in [-0.25, -0.2) is 9.97 Å². The van der Waals surface area contributed by atoms with Crippen molar-refractivity contribution in [3.05, 3.63) is 176 Å². The molecule has 0 spiro atoms. The summed E-state index contributed by atoms with van der Waals surface area (Å²) in [5.41, 5.74) is 12.9. The molecule has 9 aromatic rings. The lowest BCUT2D eigenvalue weighted by Crippen LogP contribution is -1.96. The van der Waals surface area contributed by atoms with Crippen molar-refractivity contribution in [1.82, 2.24) is 15.0 Å². The second-order valence-electron chi connectivity index (χ2n) is 12.4. The van der Waals surface area contributed by atoms with Crippen LogP contribution < -0.4 is 0 Å². The number of rotatable bonds is 6. The number of fused-ring (bicyclic) bond motifs is 3. The van der Waals surface area contributed by atoms with Crippen LogP contribution in [0.15, 0.2) is 175 Å². The number of nitriles is 1. The first kappa shape index (κ1) is 29.9. The summed E-state index contributed by atoms with van der Waals surface area (Å²) in [5.74, 6) is 0.653. The number of benzene rings is 6. The molecule has 0 saturated carbocycles. The highest BCUT2D eigenvalue weighted by atomic mass is 16.3. The molecule has 0 aliphatic carbocycles. The summed E-state index contributed by atoms with van der Waals surface area (Å²) in [5, 5.41) is 11.4. The van der Waals surface area contributed by atoms with E-state index >= 15 is 0 Å². The van der Waals surface area contributed by atoms with Gasteiger partial charge >= 0.3 is 0 Å². The molecule has 238 valence electrons. The topological polar surface area (TPSA) is 75.6 Å². The minimum Gasteiger partial charge on any atom is -0.456 e. The lowest BCUT2D eigenvalue weighted by atomic mass is 9.94. The fourth-order valence-corrected chi connectivity index (χ4v) is 6.59. The molecule has 3 heterocycles. The Balaban J connectivity index is 1.21. The summed E-state index contributed by atoms with van der Waals surface area (Å²) in [7, 11) is 0. The van der Waals surface area contributed by atoms with E-state index in [0.717, 1.165) is 77.8 Å². The van der Waals surface area contributed by atoms with Crippen LogP contribution in [0.4, 0.5) is 0 Å². The summed E-state index contributed by atoms with van der Waals surface area (Å²) < 4.78 is 6.27. The van der Waals surface area contributed by atoms with E-state index in [1.54, 1.807) is 12.3 Å². The van der Waals surface area contributed by atoms with Crippen molar-refractivity contribution in [1.29, 1.82) is 5.26 Å². The van der Waals surface area contributed by atoms with E-state index in [1.165, 1.54) is 0 Å². The molecule has 5 heteroatoms. The maximum absolute atomic E-state index is 9.42. The van der Waals surface area contributed by atoms with Crippen LogP contribution in [0.2, 0.25) is 0 Å². The summed E-state index contributed by atoms with van der Waals surface area (Å²) in [6.07, 6.45) is 3.67. The third kappa shape index (κ3) is 5.82. The molecule has 0 aliphatic heterocycles. The predicted molar refractivity (Wildman–Crippen MR) is 204 cm³/mol. The maximum Gasteiger partial charge on any atom is 0.160 e. The van der Waals surface area contributed by atoms with Gasteiger partial charge < -0.3 is 4.42 Å². The van der Waals surface area contributed by atoms with Crippen LogP contribution in [0.25, 0.3) is 89.2 Å². The third-order valence-corrected chi connectivity index (χ3v) is 9.21. The zero-order valence-corrected chi connectivity index (χ0v) is 27.4. The highest BCUT2D eigenvalue weighted by molar-refractivity contribution is 6.06. The van der Waals surface area contributed by atoms with Crippen LogP contribution in [-0.4, -0.2) is 15.0 Å². The fourth-order valence-electron chi connectivity index (χ4n) is 6.59. The molecule has 0 amide bonds. The summed E-state index contributed by atoms with van der Waals surface area (Å²) in [6.45, 7) is 0. The van der Waals surface area contributed by atoms with Gasteiger partial charge in [0.05, 0.1) is 23.0 Å². The second-order valence-corrected chi connectivity index (χ2v) is 12.4. The van der Waals surface area contributed by atoms with E-state index in [1.807, 2.05) is 48.7 Å². The van der Waals surface area contributed by atoms with Crippen LogP contribution >= 0.6 is 0 Å². The van der Waals surface area contributed by atoms with E-state index in [-0.39, 0.29) is 0 Å². The van der Waals surface area contributed by atoms with Crippen LogP contribution in [0, 0.1) is 11.3 Å². The van der Waals surface area contributed by atoms with Gasteiger partial charge in [-0.05, 0) is 88.5 Å². The molecule has 0 bridgehead atoms. The number of pyridine rings is 1. The molecular weight excluding hydrogens is 625 g/mol. The molecule has 0 radical (unpaired) electrons. The predicted octanol–water partition coefficient (Wildman–Crippen LogP) is 11.6. The van der Waals surface area contributed by atoms with Crippen molar-refractivity contribution in [2.24, 2.45) is 0 Å². The minimum absolute atomic E-state index is 0.571. The minimum atomic E-state index is 0.571. The Kier molecular flexibility index (Phi) is 7.46. The first-order valence-electron chi connectivity index (χ1n) is 16.7. The monoisotopic (exact) mass is 652 g/mol. The zero-order chi connectivity index (χ0) is 34.1.